The molecule has 1 aromatic rings. The Morgan fingerprint density at radius 3 is 2.22 bits per heavy atom. The van der Waals surface area contributed by atoms with Gasteiger partial charge in [-0.3, -0.25) is 4.79 Å². The van der Waals surface area contributed by atoms with Gasteiger partial charge < -0.3 is 11.1 Å². The summed E-state index contributed by atoms with van der Waals surface area (Å²) in [6.45, 7) is 7.91. The van der Waals surface area contributed by atoms with E-state index < -0.39 is 5.92 Å². The molecule has 0 bridgehead atoms. The third-order valence-corrected chi connectivity index (χ3v) is 3.28. The summed E-state index contributed by atoms with van der Waals surface area (Å²) in [6.07, 6.45) is 0.616. The fraction of sp³-hybridized carbons (Fsp3) is 0.429. The normalized spacial score (nSPS) is 12.0. The van der Waals surface area contributed by atoms with Gasteiger partial charge in [-0.1, -0.05) is 36.8 Å². The number of carbonyl (C=O) groups is 1. The molecule has 0 aromatic heterocycles. The van der Waals surface area contributed by atoms with Crippen LogP contribution in [0.15, 0.2) is 12.1 Å². The van der Waals surface area contributed by atoms with Crippen LogP contribution in [0.1, 0.15) is 30.0 Å². The minimum Gasteiger partial charge on any atom is -0.393 e. The Morgan fingerprint density at radius 2 is 1.83 bits per heavy atom. The number of hydrogen-bond donors (Lipinski definition) is 2. The molecule has 3 nitrogen and oxygen atoms in total. The number of thiocarbonyl (C=S) groups is 1. The summed E-state index contributed by atoms with van der Waals surface area (Å²) < 4.78 is 0. The van der Waals surface area contributed by atoms with Gasteiger partial charge in [0, 0.05) is 5.69 Å². The molecule has 98 valence electrons. The van der Waals surface area contributed by atoms with Crippen molar-refractivity contribution < 1.29 is 4.79 Å². The second kappa shape index (κ2) is 5.96. The van der Waals surface area contributed by atoms with E-state index >= 15 is 0 Å². The SMILES string of the molecule is CCC(C(=O)Nc1c(C)cc(C)cc1C)C(N)=S. The first kappa shape index (κ1) is 14.6. The molecule has 4 heteroatoms. The summed E-state index contributed by atoms with van der Waals surface area (Å²) in [6, 6.07) is 4.09. The highest BCUT2D eigenvalue weighted by Gasteiger charge is 2.20. The van der Waals surface area contributed by atoms with Crippen LogP contribution in [0.2, 0.25) is 0 Å². The summed E-state index contributed by atoms with van der Waals surface area (Å²) in [5, 5.41) is 2.93. The van der Waals surface area contributed by atoms with E-state index in [0.717, 1.165) is 16.8 Å². The molecule has 18 heavy (non-hydrogen) atoms. The molecule has 1 rings (SSSR count). The number of amides is 1. The van der Waals surface area contributed by atoms with E-state index in [0.29, 0.717) is 6.42 Å². The van der Waals surface area contributed by atoms with Crippen LogP contribution < -0.4 is 11.1 Å². The quantitative estimate of drug-likeness (QED) is 0.822. The molecule has 0 aliphatic rings. The van der Waals surface area contributed by atoms with Gasteiger partial charge in [-0.2, -0.15) is 0 Å². The van der Waals surface area contributed by atoms with E-state index in [1.165, 1.54) is 5.56 Å². The maximum atomic E-state index is 12.1. The van der Waals surface area contributed by atoms with Crippen LogP contribution in [0.25, 0.3) is 0 Å². The van der Waals surface area contributed by atoms with E-state index in [1.54, 1.807) is 0 Å². The van der Waals surface area contributed by atoms with Gasteiger partial charge in [-0.25, -0.2) is 0 Å². The van der Waals surface area contributed by atoms with E-state index in [2.05, 4.69) is 5.32 Å². The molecule has 0 fully saturated rings. The van der Waals surface area contributed by atoms with Crippen molar-refractivity contribution in [3.05, 3.63) is 28.8 Å². The molecule has 1 unspecified atom stereocenters. The Labute approximate surface area is 114 Å². The summed E-state index contributed by atoms with van der Waals surface area (Å²) in [4.78, 5) is 12.3. The van der Waals surface area contributed by atoms with Crippen LogP contribution in [-0.4, -0.2) is 10.9 Å². The first-order chi connectivity index (χ1) is 8.36. The van der Waals surface area contributed by atoms with Gasteiger partial charge in [0.2, 0.25) is 5.91 Å². The number of hydrogen-bond acceptors (Lipinski definition) is 2. The molecular formula is C14H20N2OS. The van der Waals surface area contributed by atoms with Crippen molar-refractivity contribution in [2.45, 2.75) is 34.1 Å². The first-order valence-electron chi connectivity index (χ1n) is 6.04. The van der Waals surface area contributed by atoms with Crippen molar-refractivity contribution in [1.29, 1.82) is 0 Å². The van der Waals surface area contributed by atoms with E-state index in [9.17, 15) is 4.79 Å². The second-order valence-corrected chi connectivity index (χ2v) is 5.10. The van der Waals surface area contributed by atoms with E-state index in [-0.39, 0.29) is 10.9 Å². The average Bonchev–Trinajstić information content (AvgIpc) is 2.23. The van der Waals surface area contributed by atoms with E-state index in [1.807, 2.05) is 39.8 Å². The predicted molar refractivity (Wildman–Crippen MR) is 79.8 cm³/mol. The fourth-order valence-electron chi connectivity index (χ4n) is 2.10. The van der Waals surface area contributed by atoms with Crippen molar-refractivity contribution in [3.8, 4) is 0 Å². The van der Waals surface area contributed by atoms with Crippen LogP contribution in [0.4, 0.5) is 5.69 Å². The second-order valence-electron chi connectivity index (χ2n) is 4.63. The maximum Gasteiger partial charge on any atom is 0.234 e. The molecule has 1 aromatic carbocycles. The predicted octanol–water partition coefficient (Wildman–Crippen LogP) is 2.86. The minimum atomic E-state index is -0.403. The smallest absolute Gasteiger partial charge is 0.234 e. The largest absolute Gasteiger partial charge is 0.393 e. The number of anilines is 1. The Balaban J connectivity index is 2.98. The van der Waals surface area contributed by atoms with E-state index in [4.69, 9.17) is 18.0 Å². The molecule has 0 saturated heterocycles. The molecule has 0 spiro atoms. The zero-order chi connectivity index (χ0) is 13.9. The number of nitrogens with one attached hydrogen (secondary N) is 1. The van der Waals surface area contributed by atoms with Gasteiger partial charge in [-0.15, -0.1) is 0 Å². The first-order valence-corrected chi connectivity index (χ1v) is 6.45. The van der Waals surface area contributed by atoms with Gasteiger partial charge >= 0.3 is 0 Å². The lowest BCUT2D eigenvalue weighted by Crippen LogP contribution is -2.33. The number of benzene rings is 1. The summed E-state index contributed by atoms with van der Waals surface area (Å²) in [7, 11) is 0. The van der Waals surface area contributed by atoms with Crippen LogP contribution >= 0.6 is 12.2 Å². The monoisotopic (exact) mass is 264 g/mol. The van der Waals surface area contributed by atoms with Crippen LogP contribution in [0.3, 0.4) is 0 Å². The van der Waals surface area contributed by atoms with Crippen molar-refractivity contribution in [2.24, 2.45) is 11.7 Å². The highest BCUT2D eigenvalue weighted by atomic mass is 32.1. The molecule has 3 N–H and O–H groups in total. The molecule has 0 heterocycles. The number of aryl methyl sites for hydroxylation is 3. The lowest BCUT2D eigenvalue weighted by molar-refractivity contribution is -0.118. The third kappa shape index (κ3) is 3.29. The average molecular weight is 264 g/mol. The summed E-state index contributed by atoms with van der Waals surface area (Å²) >= 11 is 4.91. The van der Waals surface area contributed by atoms with Crippen molar-refractivity contribution in [2.75, 3.05) is 5.32 Å². The lowest BCUT2D eigenvalue weighted by atomic mass is 10.0. The Morgan fingerprint density at radius 1 is 1.33 bits per heavy atom. The van der Waals surface area contributed by atoms with Gasteiger partial charge in [0.05, 0.1) is 10.9 Å². The Kier molecular flexibility index (Phi) is 4.84. The molecule has 0 aliphatic carbocycles. The number of carbonyl (C=O) groups excluding carboxylic acids is 1. The van der Waals surface area contributed by atoms with Crippen molar-refractivity contribution in [3.63, 3.8) is 0 Å². The number of nitrogens with two attached hydrogens (primary N) is 1. The molecule has 1 amide bonds. The van der Waals surface area contributed by atoms with Crippen LogP contribution in [0.5, 0.6) is 0 Å². The lowest BCUT2D eigenvalue weighted by Gasteiger charge is -2.17. The zero-order valence-corrected chi connectivity index (χ0v) is 12.1. The summed E-state index contributed by atoms with van der Waals surface area (Å²) in [5.74, 6) is -0.528. The Bertz CT molecular complexity index is 460. The molecule has 1 atom stereocenters. The number of rotatable bonds is 4. The van der Waals surface area contributed by atoms with Crippen LogP contribution in [0, 0.1) is 26.7 Å². The van der Waals surface area contributed by atoms with Gasteiger partial charge in [0.25, 0.3) is 0 Å². The minimum absolute atomic E-state index is 0.125. The molecular weight excluding hydrogens is 244 g/mol. The molecule has 0 saturated carbocycles. The van der Waals surface area contributed by atoms with Crippen molar-refractivity contribution >= 4 is 28.8 Å². The topological polar surface area (TPSA) is 55.1 Å². The zero-order valence-electron chi connectivity index (χ0n) is 11.3. The highest BCUT2D eigenvalue weighted by Crippen LogP contribution is 2.22. The summed E-state index contributed by atoms with van der Waals surface area (Å²) in [5.41, 5.74) is 9.73. The van der Waals surface area contributed by atoms with Gasteiger partial charge in [0.1, 0.15) is 0 Å². The van der Waals surface area contributed by atoms with Crippen LogP contribution in [-0.2, 0) is 4.79 Å². The molecule has 0 aliphatic heterocycles. The Hall–Kier alpha value is -1.42. The fourth-order valence-corrected chi connectivity index (χ4v) is 2.38. The van der Waals surface area contributed by atoms with Crippen molar-refractivity contribution in [1.82, 2.24) is 0 Å². The van der Waals surface area contributed by atoms with Gasteiger partial charge in [0.15, 0.2) is 0 Å². The molecule has 0 radical (unpaired) electrons. The standard InChI is InChI=1S/C14H20N2OS/c1-5-11(13(15)18)14(17)16-12-9(3)6-8(2)7-10(12)4/h6-7,11H,5H2,1-4H3,(H2,15,18)(H,16,17). The maximum absolute atomic E-state index is 12.1. The van der Waals surface area contributed by atoms with Gasteiger partial charge in [-0.05, 0) is 38.3 Å². The highest BCUT2D eigenvalue weighted by molar-refractivity contribution is 7.80. The third-order valence-electron chi connectivity index (χ3n) is 2.99.